The van der Waals surface area contributed by atoms with E-state index < -0.39 is 18.0 Å². The Balaban J connectivity index is 1.01. The van der Waals surface area contributed by atoms with Crippen LogP contribution in [0.1, 0.15) is 62.0 Å². The number of nitrogens with zero attached hydrogens (tertiary/aromatic N) is 1. The van der Waals surface area contributed by atoms with Gasteiger partial charge in [0.25, 0.3) is 0 Å². The van der Waals surface area contributed by atoms with Gasteiger partial charge in [-0.1, -0.05) is 55.0 Å². The van der Waals surface area contributed by atoms with E-state index in [1.807, 2.05) is 29.2 Å². The summed E-state index contributed by atoms with van der Waals surface area (Å²) in [5.74, 6) is -1.07. The molecule has 5 rings (SSSR count). The van der Waals surface area contributed by atoms with E-state index >= 15 is 0 Å². The number of carboxylic acid groups (broad SMARTS) is 1. The van der Waals surface area contributed by atoms with E-state index in [4.69, 9.17) is 4.74 Å². The zero-order chi connectivity index (χ0) is 24.4. The van der Waals surface area contributed by atoms with E-state index in [1.54, 1.807) is 0 Å². The number of hydrogen-bond donors (Lipinski definition) is 2. The van der Waals surface area contributed by atoms with Gasteiger partial charge in [0.2, 0.25) is 5.91 Å². The molecule has 3 atom stereocenters. The normalized spacial score (nSPS) is 22.1. The minimum absolute atomic E-state index is 0.0424. The predicted molar refractivity (Wildman–Crippen MR) is 131 cm³/mol. The minimum atomic E-state index is -0.783. The first-order valence-electron chi connectivity index (χ1n) is 12.7. The van der Waals surface area contributed by atoms with Crippen molar-refractivity contribution in [2.24, 2.45) is 5.92 Å². The molecule has 2 bridgehead atoms. The van der Waals surface area contributed by atoms with Crippen molar-refractivity contribution in [2.75, 3.05) is 13.2 Å². The fourth-order valence-electron chi connectivity index (χ4n) is 6.19. The summed E-state index contributed by atoms with van der Waals surface area (Å²) >= 11 is 0. The molecule has 2 saturated heterocycles. The zero-order valence-electron chi connectivity index (χ0n) is 19.8. The van der Waals surface area contributed by atoms with Crippen LogP contribution >= 0.6 is 0 Å². The zero-order valence-corrected chi connectivity index (χ0v) is 19.8. The van der Waals surface area contributed by atoms with Crippen LogP contribution in [0.5, 0.6) is 0 Å². The van der Waals surface area contributed by atoms with Crippen molar-refractivity contribution in [3.8, 4) is 11.1 Å². The number of rotatable bonds is 9. The quantitative estimate of drug-likeness (QED) is 0.518. The Hall–Kier alpha value is -3.35. The van der Waals surface area contributed by atoms with Crippen LogP contribution in [0.25, 0.3) is 11.1 Å². The summed E-state index contributed by atoms with van der Waals surface area (Å²) < 4.78 is 5.55. The van der Waals surface area contributed by atoms with Crippen molar-refractivity contribution in [2.45, 2.75) is 62.9 Å². The van der Waals surface area contributed by atoms with Crippen LogP contribution in [0.4, 0.5) is 4.79 Å². The highest BCUT2D eigenvalue weighted by molar-refractivity contribution is 5.81. The highest BCUT2D eigenvalue weighted by atomic mass is 16.5. The van der Waals surface area contributed by atoms with Gasteiger partial charge in [0.15, 0.2) is 0 Å². The Kier molecular flexibility index (Phi) is 6.75. The summed E-state index contributed by atoms with van der Waals surface area (Å²) in [6, 6.07) is 16.5. The number of carbonyl (C=O) groups excluding carboxylic acids is 2. The average molecular weight is 477 g/mol. The van der Waals surface area contributed by atoms with Crippen molar-refractivity contribution >= 4 is 18.0 Å². The molecular formula is C28H32N2O5. The molecule has 7 heteroatoms. The molecule has 0 spiro atoms. The lowest BCUT2D eigenvalue weighted by Crippen LogP contribution is -2.37. The smallest absolute Gasteiger partial charge is 0.407 e. The molecular weight excluding hydrogens is 444 g/mol. The van der Waals surface area contributed by atoms with E-state index in [-0.39, 0.29) is 23.9 Å². The van der Waals surface area contributed by atoms with Crippen LogP contribution < -0.4 is 5.32 Å². The molecule has 2 aromatic rings. The van der Waals surface area contributed by atoms with Crippen molar-refractivity contribution < 1.29 is 24.2 Å². The van der Waals surface area contributed by atoms with Crippen molar-refractivity contribution in [3.05, 3.63) is 59.7 Å². The Morgan fingerprint density at radius 3 is 2.29 bits per heavy atom. The second-order valence-corrected chi connectivity index (χ2v) is 9.84. The molecule has 3 unspecified atom stereocenters. The van der Waals surface area contributed by atoms with Crippen LogP contribution in [0.15, 0.2) is 48.5 Å². The number of amides is 2. The van der Waals surface area contributed by atoms with Crippen molar-refractivity contribution in [1.82, 2.24) is 10.2 Å². The molecule has 2 N–H and O–H groups in total. The van der Waals surface area contributed by atoms with E-state index in [0.29, 0.717) is 26.0 Å². The lowest BCUT2D eigenvalue weighted by Gasteiger charge is -2.23. The van der Waals surface area contributed by atoms with Crippen LogP contribution in [-0.2, 0) is 14.3 Å². The second kappa shape index (κ2) is 10.1. The van der Waals surface area contributed by atoms with Crippen molar-refractivity contribution in [3.63, 3.8) is 0 Å². The first-order valence-corrected chi connectivity index (χ1v) is 12.7. The number of nitrogens with one attached hydrogen (secondary N) is 1. The Labute approximate surface area is 205 Å². The maximum atomic E-state index is 12.6. The number of fused-ring (bicyclic) bond motifs is 5. The summed E-state index contributed by atoms with van der Waals surface area (Å²) in [6.45, 7) is 0.796. The number of aliphatic carboxylic acids is 1. The number of benzene rings is 2. The third-order valence-corrected chi connectivity index (χ3v) is 7.82. The van der Waals surface area contributed by atoms with Crippen LogP contribution in [0.3, 0.4) is 0 Å². The summed E-state index contributed by atoms with van der Waals surface area (Å²) in [6.07, 6.45) is 4.65. The number of alkyl carbamates (subject to hydrolysis) is 1. The molecule has 2 fully saturated rings. The maximum absolute atomic E-state index is 12.6. The first kappa shape index (κ1) is 23.4. The van der Waals surface area contributed by atoms with Crippen LogP contribution in [0, 0.1) is 5.92 Å². The maximum Gasteiger partial charge on any atom is 0.407 e. The summed E-state index contributed by atoms with van der Waals surface area (Å²) in [7, 11) is 0. The lowest BCUT2D eigenvalue weighted by molar-refractivity contribution is -0.143. The lowest BCUT2D eigenvalue weighted by atomic mass is 9.89. The van der Waals surface area contributed by atoms with Crippen molar-refractivity contribution in [1.29, 1.82) is 0 Å². The third-order valence-electron chi connectivity index (χ3n) is 7.82. The second-order valence-electron chi connectivity index (χ2n) is 9.84. The molecule has 2 heterocycles. The van der Waals surface area contributed by atoms with Gasteiger partial charge in [0.1, 0.15) is 6.61 Å². The van der Waals surface area contributed by atoms with E-state index in [0.717, 1.165) is 32.1 Å². The van der Waals surface area contributed by atoms with Gasteiger partial charge in [-0.15, -0.1) is 0 Å². The Bertz CT molecular complexity index is 1070. The molecule has 35 heavy (non-hydrogen) atoms. The number of unbranched alkanes of at least 4 members (excludes halogenated alkanes) is 2. The van der Waals surface area contributed by atoms with Crippen LogP contribution in [0.2, 0.25) is 0 Å². The third kappa shape index (κ3) is 4.64. The monoisotopic (exact) mass is 476 g/mol. The summed E-state index contributed by atoms with van der Waals surface area (Å²) in [4.78, 5) is 38.1. The fraction of sp³-hybridized carbons (Fsp3) is 0.464. The van der Waals surface area contributed by atoms with Gasteiger partial charge in [-0.05, 0) is 54.4 Å². The average Bonchev–Trinajstić information content (AvgIpc) is 3.54. The van der Waals surface area contributed by atoms with Gasteiger partial charge in [-0.3, -0.25) is 9.59 Å². The van der Waals surface area contributed by atoms with Gasteiger partial charge in [-0.25, -0.2) is 4.79 Å². The molecule has 0 aromatic heterocycles. The minimum Gasteiger partial charge on any atom is -0.481 e. The topological polar surface area (TPSA) is 95.9 Å². The molecule has 184 valence electrons. The predicted octanol–water partition coefficient (Wildman–Crippen LogP) is 4.55. The molecule has 2 amide bonds. The van der Waals surface area contributed by atoms with E-state index in [2.05, 4.69) is 29.6 Å². The Morgan fingerprint density at radius 2 is 1.63 bits per heavy atom. The molecule has 0 saturated carbocycles. The fourth-order valence-corrected chi connectivity index (χ4v) is 6.19. The summed E-state index contributed by atoms with van der Waals surface area (Å²) in [5.41, 5.74) is 4.78. The summed E-state index contributed by atoms with van der Waals surface area (Å²) in [5, 5.41) is 12.2. The molecule has 2 aromatic carbocycles. The first-order chi connectivity index (χ1) is 17.0. The number of ether oxygens (including phenoxy) is 1. The molecule has 7 nitrogen and oxygen atoms in total. The van der Waals surface area contributed by atoms with Gasteiger partial charge in [-0.2, -0.15) is 0 Å². The SMILES string of the molecule is O=C(NCCCCCC(=O)N1C2CCC1C(C(=O)O)C2)OCC1c2ccccc2-c2ccccc21. The van der Waals surface area contributed by atoms with Crippen LogP contribution in [-0.4, -0.2) is 53.2 Å². The Morgan fingerprint density at radius 1 is 0.943 bits per heavy atom. The standard InChI is InChI=1S/C28H32N2O5/c31-26(30-18-13-14-25(30)23(16-18)27(32)33)12-2-1-7-15-29-28(34)35-17-24-21-10-5-3-8-19(21)20-9-4-6-11-22(20)24/h3-6,8-11,18,23-25H,1-2,7,12-17H2,(H,29,34)(H,32,33). The molecule has 3 aliphatic rings. The van der Waals surface area contributed by atoms with Gasteiger partial charge in [0, 0.05) is 31.0 Å². The van der Waals surface area contributed by atoms with E-state index in [1.165, 1.54) is 22.3 Å². The number of carbonyl (C=O) groups is 3. The van der Waals surface area contributed by atoms with Gasteiger partial charge < -0.3 is 20.1 Å². The molecule has 2 aliphatic heterocycles. The van der Waals surface area contributed by atoms with E-state index in [9.17, 15) is 19.5 Å². The number of hydrogen-bond acceptors (Lipinski definition) is 4. The number of carboxylic acids is 1. The van der Waals surface area contributed by atoms with Gasteiger partial charge in [0.05, 0.1) is 5.92 Å². The van der Waals surface area contributed by atoms with Gasteiger partial charge >= 0.3 is 12.1 Å². The highest BCUT2D eigenvalue weighted by Gasteiger charge is 2.50. The molecule has 0 radical (unpaired) electrons. The highest BCUT2D eigenvalue weighted by Crippen LogP contribution is 2.44. The molecule has 1 aliphatic carbocycles. The largest absolute Gasteiger partial charge is 0.481 e.